The van der Waals surface area contributed by atoms with E-state index in [1.54, 1.807) is 16.3 Å². The summed E-state index contributed by atoms with van der Waals surface area (Å²) >= 11 is 3.20. The summed E-state index contributed by atoms with van der Waals surface area (Å²) in [6.45, 7) is 4.11. The highest BCUT2D eigenvalue weighted by Crippen LogP contribution is 2.34. The minimum atomic E-state index is -0.299. The first kappa shape index (κ1) is 15.4. The van der Waals surface area contributed by atoms with Crippen molar-refractivity contribution in [2.75, 3.05) is 5.75 Å². The Balaban J connectivity index is 1.95. The largest absolute Gasteiger partial charge is 0.298 e. The van der Waals surface area contributed by atoms with Gasteiger partial charge in [-0.05, 0) is 30.9 Å². The van der Waals surface area contributed by atoms with E-state index in [1.165, 1.54) is 16.6 Å². The number of fused-ring (bicyclic) bond motifs is 2. The molecular weight excluding hydrogens is 340 g/mol. The monoisotopic (exact) mass is 356 g/mol. The molecule has 0 saturated heterocycles. The van der Waals surface area contributed by atoms with Gasteiger partial charge in [-0.1, -0.05) is 36.9 Å². The van der Waals surface area contributed by atoms with Crippen LogP contribution >= 0.6 is 23.1 Å². The number of amides is 1. The molecule has 2 aromatic rings. The molecule has 1 aromatic heterocycles. The molecule has 1 atom stereocenters. The van der Waals surface area contributed by atoms with Gasteiger partial charge in [-0.2, -0.15) is 0 Å². The van der Waals surface area contributed by atoms with Crippen LogP contribution in [0.25, 0.3) is 5.70 Å². The maximum absolute atomic E-state index is 12.7. The van der Waals surface area contributed by atoms with Crippen LogP contribution < -0.4 is 15.9 Å². The molecule has 0 spiro atoms. The fraction of sp³-hybridized carbons (Fsp3) is 0.235. The highest BCUT2D eigenvalue weighted by atomic mass is 32.2. The van der Waals surface area contributed by atoms with Crippen molar-refractivity contribution in [1.82, 2.24) is 10.3 Å². The number of benzene rings is 1. The van der Waals surface area contributed by atoms with Gasteiger partial charge in [-0.15, -0.1) is 16.4 Å². The van der Waals surface area contributed by atoms with Crippen LogP contribution in [0.15, 0.2) is 46.5 Å². The fourth-order valence-corrected chi connectivity index (χ4v) is 4.29. The number of amidine groups is 1. The third-order valence-corrected chi connectivity index (χ3v) is 5.60. The average molecular weight is 356 g/mol. The van der Waals surface area contributed by atoms with Crippen LogP contribution in [0.5, 0.6) is 0 Å². The van der Waals surface area contributed by atoms with Crippen molar-refractivity contribution in [3.63, 3.8) is 0 Å². The van der Waals surface area contributed by atoms with Crippen molar-refractivity contribution < 1.29 is 4.79 Å². The van der Waals surface area contributed by atoms with Gasteiger partial charge in [0.25, 0.3) is 5.91 Å². The maximum atomic E-state index is 12.7. The molecular formula is C17H16N4OS2. The molecule has 1 amide bonds. The summed E-state index contributed by atoms with van der Waals surface area (Å²) < 4.78 is 0. The summed E-state index contributed by atoms with van der Waals surface area (Å²) in [5, 5.41) is 11.6. The zero-order valence-electron chi connectivity index (χ0n) is 13.3. The number of thiophene rings is 1. The number of hydrogen-bond acceptors (Lipinski definition) is 6. The van der Waals surface area contributed by atoms with Crippen LogP contribution in [0.3, 0.4) is 0 Å². The third-order valence-electron chi connectivity index (χ3n) is 3.81. The first-order valence-corrected chi connectivity index (χ1v) is 9.53. The summed E-state index contributed by atoms with van der Waals surface area (Å²) in [5.41, 5.74) is 0.567. The number of hydrogen-bond donors (Lipinski definition) is 1. The van der Waals surface area contributed by atoms with Crippen molar-refractivity contribution >= 4 is 39.9 Å². The molecule has 0 bridgehead atoms. The zero-order chi connectivity index (χ0) is 16.7. The second kappa shape index (κ2) is 6.07. The van der Waals surface area contributed by atoms with Gasteiger partial charge in [0.05, 0.1) is 10.2 Å². The van der Waals surface area contributed by atoms with Gasteiger partial charge in [-0.25, -0.2) is 5.01 Å². The lowest BCUT2D eigenvalue weighted by Crippen LogP contribution is -2.50. The van der Waals surface area contributed by atoms with E-state index < -0.39 is 0 Å². The number of carbonyl (C=O) groups excluding carboxylic acids is 1. The van der Waals surface area contributed by atoms with Crippen molar-refractivity contribution in [2.45, 2.75) is 20.0 Å². The Morgan fingerprint density at radius 1 is 1.29 bits per heavy atom. The van der Waals surface area contributed by atoms with E-state index in [0.717, 1.165) is 21.2 Å². The van der Waals surface area contributed by atoms with Crippen LogP contribution in [-0.2, 0) is 4.79 Å². The van der Waals surface area contributed by atoms with E-state index in [9.17, 15) is 4.79 Å². The summed E-state index contributed by atoms with van der Waals surface area (Å²) in [6.07, 6.45) is -0.299. The number of hydrazone groups is 1. The van der Waals surface area contributed by atoms with Gasteiger partial charge >= 0.3 is 0 Å². The molecule has 0 radical (unpaired) electrons. The molecule has 0 unspecified atom stereocenters. The highest BCUT2D eigenvalue weighted by Gasteiger charge is 2.34. The van der Waals surface area contributed by atoms with Gasteiger partial charge in [0.2, 0.25) is 0 Å². The number of carbonyl (C=O) groups is 1. The lowest BCUT2D eigenvalue weighted by molar-refractivity contribution is -0.116. The van der Waals surface area contributed by atoms with E-state index in [4.69, 9.17) is 4.99 Å². The Morgan fingerprint density at radius 2 is 2.12 bits per heavy atom. The molecule has 2 aliphatic heterocycles. The SMILES string of the molecule is CCSC1=NN2C(=c3ccccc3=N[C@@H]2c2ccc(C)s2)C(=O)N1. The molecule has 1 N–H and O–H groups in total. The normalized spacial score (nSPS) is 19.2. The Labute approximate surface area is 147 Å². The van der Waals surface area contributed by atoms with Gasteiger partial charge in [0.15, 0.2) is 11.3 Å². The van der Waals surface area contributed by atoms with E-state index >= 15 is 0 Å². The van der Waals surface area contributed by atoms with Crippen molar-refractivity contribution in [3.05, 3.63) is 56.7 Å². The third kappa shape index (κ3) is 2.53. The minimum absolute atomic E-state index is 0.124. The molecule has 3 heterocycles. The minimum Gasteiger partial charge on any atom is -0.298 e. The first-order valence-electron chi connectivity index (χ1n) is 7.73. The van der Waals surface area contributed by atoms with Gasteiger partial charge in [0.1, 0.15) is 5.70 Å². The van der Waals surface area contributed by atoms with E-state index in [1.807, 2.05) is 31.2 Å². The van der Waals surface area contributed by atoms with Crippen LogP contribution in [-0.4, -0.2) is 21.8 Å². The smallest absolute Gasteiger partial charge is 0.276 e. The molecule has 122 valence electrons. The average Bonchev–Trinajstić information content (AvgIpc) is 3.00. The van der Waals surface area contributed by atoms with Crippen LogP contribution in [0.4, 0.5) is 0 Å². The molecule has 5 nitrogen and oxygen atoms in total. The van der Waals surface area contributed by atoms with Crippen LogP contribution in [0, 0.1) is 6.92 Å². The number of nitrogens with one attached hydrogen (secondary N) is 1. The summed E-state index contributed by atoms with van der Waals surface area (Å²) in [7, 11) is 0. The number of nitrogens with zero attached hydrogens (tertiary/aromatic N) is 3. The summed E-state index contributed by atoms with van der Waals surface area (Å²) in [4.78, 5) is 19.9. The standard InChI is InChI=1S/C17H16N4OS2/c1-3-23-17-19-16(22)14-11-6-4-5-7-12(11)18-15(21(14)20-17)13-9-8-10(2)24-13/h4-9,15H,3H2,1-2H3,(H,19,20,22)/t15-/m0/s1. The molecule has 0 saturated carbocycles. The lowest BCUT2D eigenvalue weighted by Gasteiger charge is -2.33. The molecule has 0 aliphatic carbocycles. The predicted molar refractivity (Wildman–Crippen MR) is 98.0 cm³/mol. The Bertz CT molecular complexity index is 963. The van der Waals surface area contributed by atoms with Crippen LogP contribution in [0.1, 0.15) is 22.8 Å². The lowest BCUT2D eigenvalue weighted by atomic mass is 10.1. The highest BCUT2D eigenvalue weighted by molar-refractivity contribution is 8.13. The zero-order valence-corrected chi connectivity index (χ0v) is 14.9. The van der Waals surface area contributed by atoms with Crippen molar-refractivity contribution in [1.29, 1.82) is 0 Å². The Morgan fingerprint density at radius 3 is 2.88 bits per heavy atom. The number of thioether (sulfide) groups is 1. The fourth-order valence-electron chi connectivity index (χ4n) is 2.81. The topological polar surface area (TPSA) is 57.1 Å². The number of para-hydroxylation sites is 1. The molecule has 24 heavy (non-hydrogen) atoms. The number of rotatable bonds is 2. The molecule has 4 rings (SSSR count). The second-order valence-corrected chi connectivity index (χ2v) is 8.03. The number of aryl methyl sites for hydroxylation is 1. The van der Waals surface area contributed by atoms with E-state index in [0.29, 0.717) is 10.9 Å². The van der Waals surface area contributed by atoms with Gasteiger partial charge < -0.3 is 0 Å². The quantitative estimate of drug-likeness (QED) is 0.895. The van der Waals surface area contributed by atoms with Crippen LogP contribution in [0.2, 0.25) is 0 Å². The summed E-state index contributed by atoms with van der Waals surface area (Å²) in [5.74, 6) is 0.722. The Hall–Kier alpha value is -2.12. The summed E-state index contributed by atoms with van der Waals surface area (Å²) in [6, 6.07) is 11.9. The Kier molecular flexibility index (Phi) is 3.90. The first-order chi connectivity index (χ1) is 11.7. The molecule has 2 aliphatic rings. The second-order valence-electron chi connectivity index (χ2n) is 5.45. The van der Waals surface area contributed by atoms with E-state index in [2.05, 4.69) is 29.5 Å². The van der Waals surface area contributed by atoms with Crippen molar-refractivity contribution in [3.8, 4) is 0 Å². The van der Waals surface area contributed by atoms with Crippen molar-refractivity contribution in [2.24, 2.45) is 10.1 Å². The van der Waals surface area contributed by atoms with E-state index in [-0.39, 0.29) is 12.1 Å². The molecule has 1 aromatic carbocycles. The van der Waals surface area contributed by atoms with Gasteiger partial charge in [0, 0.05) is 10.1 Å². The molecule has 0 fully saturated rings. The maximum Gasteiger partial charge on any atom is 0.276 e. The molecule has 7 heteroatoms. The predicted octanol–water partition coefficient (Wildman–Crippen LogP) is 1.95. The van der Waals surface area contributed by atoms with Gasteiger partial charge in [-0.3, -0.25) is 15.1 Å².